The van der Waals surface area contributed by atoms with Gasteiger partial charge in [-0.2, -0.15) is 0 Å². The molecule has 1 N–H and O–H groups in total. The maximum Gasteiger partial charge on any atom is 0.162 e. The van der Waals surface area contributed by atoms with Gasteiger partial charge in [0, 0.05) is 41.5 Å². The van der Waals surface area contributed by atoms with Crippen molar-refractivity contribution in [3.8, 4) is 11.5 Å². The van der Waals surface area contributed by atoms with Gasteiger partial charge in [-0.1, -0.05) is 11.6 Å². The molecule has 1 aromatic heterocycles. The first-order valence-corrected chi connectivity index (χ1v) is 10.9. The number of hydrogen-bond donors (Lipinski definition) is 1. The monoisotopic (exact) mass is 458 g/mol. The Morgan fingerprint density at radius 3 is 2.78 bits per heavy atom. The maximum atomic E-state index is 14.2. The molecule has 2 fully saturated rings. The molecular weight excluding hydrogens is 435 g/mol. The molecule has 0 bridgehead atoms. The molecule has 2 aliphatic rings. The van der Waals surface area contributed by atoms with Gasteiger partial charge in [0.25, 0.3) is 0 Å². The summed E-state index contributed by atoms with van der Waals surface area (Å²) in [4.78, 5) is 11.0. The van der Waals surface area contributed by atoms with Crippen LogP contribution in [0.15, 0.2) is 36.7 Å². The first-order chi connectivity index (χ1) is 15.5. The van der Waals surface area contributed by atoms with Crippen molar-refractivity contribution < 1.29 is 18.6 Å². The summed E-state index contributed by atoms with van der Waals surface area (Å²) in [5.41, 5.74) is 1.32. The van der Waals surface area contributed by atoms with Crippen molar-refractivity contribution >= 4 is 34.0 Å². The van der Waals surface area contributed by atoms with Crippen LogP contribution in [0.2, 0.25) is 5.02 Å². The minimum absolute atomic E-state index is 0.236. The normalized spacial score (nSPS) is 17.1. The molecule has 0 aliphatic carbocycles. The third-order valence-electron chi connectivity index (χ3n) is 5.91. The van der Waals surface area contributed by atoms with Gasteiger partial charge in [-0.05, 0) is 30.7 Å². The number of nitrogens with zero attached hydrogens (tertiary/aromatic N) is 3. The molecule has 2 aromatic carbocycles. The van der Waals surface area contributed by atoms with Crippen LogP contribution in [0.3, 0.4) is 0 Å². The van der Waals surface area contributed by atoms with Crippen LogP contribution in [0.5, 0.6) is 11.5 Å². The Kier molecular flexibility index (Phi) is 5.75. The molecule has 0 radical (unpaired) electrons. The number of halogens is 2. The average Bonchev–Trinajstić information content (AvgIpc) is 2.73. The molecule has 2 aliphatic heterocycles. The molecule has 7 nitrogen and oxygen atoms in total. The summed E-state index contributed by atoms with van der Waals surface area (Å²) in [6.45, 7) is 5.55. The zero-order chi connectivity index (χ0) is 22.1. The maximum absolute atomic E-state index is 14.2. The van der Waals surface area contributed by atoms with E-state index in [2.05, 4.69) is 20.2 Å². The number of methoxy groups -OCH3 is 1. The molecule has 0 atom stereocenters. The Morgan fingerprint density at radius 2 is 2.03 bits per heavy atom. The summed E-state index contributed by atoms with van der Waals surface area (Å²) < 4.78 is 31.1. The smallest absolute Gasteiger partial charge is 0.162 e. The number of rotatable bonds is 8. The second-order valence-corrected chi connectivity index (χ2v) is 8.83. The molecular formula is C23H24ClFN4O3. The fourth-order valence-electron chi connectivity index (χ4n) is 4.26. The number of hydrogen-bond acceptors (Lipinski definition) is 7. The summed E-state index contributed by atoms with van der Waals surface area (Å²) in [6, 6.07) is 7.94. The van der Waals surface area contributed by atoms with Crippen LogP contribution in [0.1, 0.15) is 6.42 Å². The van der Waals surface area contributed by atoms with Crippen LogP contribution in [0.25, 0.3) is 10.9 Å². The van der Waals surface area contributed by atoms with Gasteiger partial charge < -0.3 is 24.4 Å². The Balaban J connectivity index is 1.29. The molecule has 3 heterocycles. The van der Waals surface area contributed by atoms with E-state index in [0.717, 1.165) is 39.3 Å². The predicted octanol–water partition coefficient (Wildman–Crippen LogP) is 4.28. The van der Waals surface area contributed by atoms with Crippen molar-refractivity contribution in [3.63, 3.8) is 0 Å². The predicted molar refractivity (Wildman–Crippen MR) is 121 cm³/mol. The second-order valence-electron chi connectivity index (χ2n) is 8.40. The highest BCUT2D eigenvalue weighted by atomic mass is 35.5. The molecule has 0 amide bonds. The molecule has 9 heteroatoms. The minimum Gasteiger partial charge on any atom is -0.493 e. The van der Waals surface area contributed by atoms with Crippen LogP contribution in [0, 0.1) is 11.2 Å². The van der Waals surface area contributed by atoms with E-state index in [0.29, 0.717) is 45.3 Å². The molecule has 1 spiro atoms. The van der Waals surface area contributed by atoms with E-state index >= 15 is 0 Å². The Labute approximate surface area is 190 Å². The Morgan fingerprint density at radius 1 is 1.19 bits per heavy atom. The lowest BCUT2D eigenvalue weighted by Crippen LogP contribution is -2.65. The van der Waals surface area contributed by atoms with Crippen LogP contribution in [-0.4, -0.2) is 61.4 Å². The average molecular weight is 459 g/mol. The SMILES string of the molecule is COc1cc2ncnc(Nc3cc(Cl)ccc3F)c2cc1OCCCN1CC2(COC2)C1. The minimum atomic E-state index is -0.424. The zero-order valence-electron chi connectivity index (χ0n) is 17.7. The fraction of sp³-hybridized carbons (Fsp3) is 0.391. The quantitative estimate of drug-likeness (QED) is 0.505. The summed E-state index contributed by atoms with van der Waals surface area (Å²) in [6.07, 6.45) is 2.32. The molecule has 168 valence electrons. The summed E-state index contributed by atoms with van der Waals surface area (Å²) >= 11 is 6.02. The topological polar surface area (TPSA) is 68.7 Å². The highest BCUT2D eigenvalue weighted by molar-refractivity contribution is 6.30. The number of benzene rings is 2. The van der Waals surface area contributed by atoms with E-state index in [1.165, 1.54) is 24.5 Å². The number of likely N-dealkylation sites (tertiary alicyclic amines) is 1. The van der Waals surface area contributed by atoms with Gasteiger partial charge in [-0.25, -0.2) is 14.4 Å². The van der Waals surface area contributed by atoms with Gasteiger partial charge in [0.05, 0.1) is 38.1 Å². The molecule has 2 saturated heterocycles. The van der Waals surface area contributed by atoms with Crippen molar-refractivity contribution in [2.45, 2.75) is 6.42 Å². The lowest BCUT2D eigenvalue weighted by Gasteiger charge is -2.55. The van der Waals surface area contributed by atoms with Crippen LogP contribution < -0.4 is 14.8 Å². The van der Waals surface area contributed by atoms with E-state index in [1.54, 1.807) is 13.2 Å². The summed E-state index contributed by atoms with van der Waals surface area (Å²) in [5.74, 6) is 1.21. The lowest BCUT2D eigenvalue weighted by molar-refractivity contribution is -0.189. The Bertz CT molecular complexity index is 1130. The van der Waals surface area contributed by atoms with Crippen LogP contribution >= 0.6 is 11.6 Å². The highest BCUT2D eigenvalue weighted by Gasteiger charge is 2.48. The van der Waals surface area contributed by atoms with E-state index in [9.17, 15) is 4.39 Å². The van der Waals surface area contributed by atoms with Crippen molar-refractivity contribution in [2.75, 3.05) is 51.9 Å². The van der Waals surface area contributed by atoms with E-state index in [-0.39, 0.29) is 5.69 Å². The van der Waals surface area contributed by atoms with Gasteiger partial charge in [0.15, 0.2) is 11.5 Å². The molecule has 0 unspecified atom stereocenters. The zero-order valence-corrected chi connectivity index (χ0v) is 18.5. The van der Waals surface area contributed by atoms with Gasteiger partial charge in [0.2, 0.25) is 0 Å². The van der Waals surface area contributed by atoms with Gasteiger partial charge in [0.1, 0.15) is 18.0 Å². The summed E-state index contributed by atoms with van der Waals surface area (Å²) in [7, 11) is 1.59. The van der Waals surface area contributed by atoms with Crippen LogP contribution in [-0.2, 0) is 4.74 Å². The lowest BCUT2D eigenvalue weighted by atomic mass is 9.78. The number of nitrogens with one attached hydrogen (secondary N) is 1. The number of fused-ring (bicyclic) bond motifs is 1. The van der Waals surface area contributed by atoms with E-state index < -0.39 is 5.82 Å². The molecule has 3 aromatic rings. The van der Waals surface area contributed by atoms with Gasteiger partial charge in [-0.3, -0.25) is 0 Å². The number of aromatic nitrogens is 2. The fourth-order valence-corrected chi connectivity index (χ4v) is 4.43. The largest absolute Gasteiger partial charge is 0.493 e. The van der Waals surface area contributed by atoms with E-state index in [1.807, 2.05) is 6.07 Å². The second kappa shape index (κ2) is 8.69. The number of ether oxygens (including phenoxy) is 3. The molecule has 32 heavy (non-hydrogen) atoms. The summed E-state index contributed by atoms with van der Waals surface area (Å²) in [5, 5.41) is 4.13. The van der Waals surface area contributed by atoms with Crippen LogP contribution in [0.4, 0.5) is 15.9 Å². The standard InChI is InChI=1S/C23H24ClFN4O3/c1-30-20-9-18-16(22(27-14-26-18)28-19-7-15(24)3-4-17(19)25)8-21(20)32-6-2-5-29-10-23(11-29)12-31-13-23/h3-4,7-9,14H,2,5-6,10-13H2,1H3,(H,26,27,28). The van der Waals surface area contributed by atoms with Crippen molar-refractivity contribution in [3.05, 3.63) is 47.5 Å². The number of anilines is 2. The molecule has 5 rings (SSSR count). The third-order valence-corrected chi connectivity index (χ3v) is 6.15. The highest BCUT2D eigenvalue weighted by Crippen LogP contribution is 2.38. The van der Waals surface area contributed by atoms with Crippen molar-refractivity contribution in [1.29, 1.82) is 0 Å². The first-order valence-electron chi connectivity index (χ1n) is 10.5. The first kappa shape index (κ1) is 21.2. The van der Waals surface area contributed by atoms with Gasteiger partial charge in [-0.15, -0.1) is 0 Å². The molecule has 0 saturated carbocycles. The Hall–Kier alpha value is -2.68. The third kappa shape index (κ3) is 4.18. The van der Waals surface area contributed by atoms with Crippen molar-refractivity contribution in [1.82, 2.24) is 14.9 Å². The van der Waals surface area contributed by atoms with Gasteiger partial charge >= 0.3 is 0 Å². The van der Waals surface area contributed by atoms with Crippen molar-refractivity contribution in [2.24, 2.45) is 5.41 Å². The van der Waals surface area contributed by atoms with E-state index in [4.69, 9.17) is 25.8 Å².